The first-order valence-corrected chi connectivity index (χ1v) is 10.1. The predicted octanol–water partition coefficient (Wildman–Crippen LogP) is 3.77. The molecule has 4 rings (SSSR count). The van der Waals surface area contributed by atoms with Crippen LogP contribution in [-0.2, 0) is 15.9 Å². The monoisotopic (exact) mass is 349 g/mol. The SMILES string of the molecule is Cc1c([C@H](C)C2CCC3(CC2)OCCO3)sc2c1C(=O)NCCC2. The fourth-order valence-corrected chi connectivity index (χ4v) is 6.11. The Hall–Kier alpha value is -0.910. The first kappa shape index (κ1) is 16.6. The van der Waals surface area contributed by atoms with Gasteiger partial charge >= 0.3 is 0 Å². The zero-order valence-corrected chi connectivity index (χ0v) is 15.5. The van der Waals surface area contributed by atoms with Crippen molar-refractivity contribution in [1.29, 1.82) is 0 Å². The molecule has 3 aliphatic rings. The van der Waals surface area contributed by atoms with Gasteiger partial charge in [-0.2, -0.15) is 0 Å². The molecule has 1 spiro atoms. The number of aryl methyl sites for hydroxylation is 1. The Balaban J connectivity index is 1.52. The van der Waals surface area contributed by atoms with Gasteiger partial charge < -0.3 is 14.8 Å². The van der Waals surface area contributed by atoms with E-state index in [2.05, 4.69) is 19.2 Å². The number of carbonyl (C=O) groups is 1. The predicted molar refractivity (Wildman–Crippen MR) is 94.7 cm³/mol. The zero-order valence-electron chi connectivity index (χ0n) is 14.7. The number of nitrogens with one attached hydrogen (secondary N) is 1. The number of thiophene rings is 1. The molecule has 1 amide bonds. The van der Waals surface area contributed by atoms with Crippen molar-refractivity contribution < 1.29 is 14.3 Å². The molecule has 1 aromatic heterocycles. The molecule has 1 saturated carbocycles. The van der Waals surface area contributed by atoms with Gasteiger partial charge in [-0.05, 0) is 50.0 Å². The van der Waals surface area contributed by atoms with Gasteiger partial charge in [-0.15, -0.1) is 11.3 Å². The third-order valence-corrected chi connectivity index (χ3v) is 7.63. The van der Waals surface area contributed by atoms with E-state index in [0.717, 1.165) is 63.8 Å². The van der Waals surface area contributed by atoms with Gasteiger partial charge in [0, 0.05) is 29.1 Å². The van der Waals surface area contributed by atoms with Crippen LogP contribution in [0.5, 0.6) is 0 Å². The Labute approximate surface area is 147 Å². The molecule has 0 aromatic carbocycles. The summed E-state index contributed by atoms with van der Waals surface area (Å²) in [6.07, 6.45) is 6.39. The normalized spacial score (nSPS) is 25.3. The number of amides is 1. The van der Waals surface area contributed by atoms with Gasteiger partial charge in [0.25, 0.3) is 5.91 Å². The minimum Gasteiger partial charge on any atom is -0.352 e. The van der Waals surface area contributed by atoms with Gasteiger partial charge in [-0.25, -0.2) is 0 Å². The lowest BCUT2D eigenvalue weighted by molar-refractivity contribution is -0.183. The molecule has 1 atom stereocenters. The van der Waals surface area contributed by atoms with Crippen molar-refractivity contribution in [3.63, 3.8) is 0 Å². The van der Waals surface area contributed by atoms with Crippen LogP contribution in [0, 0.1) is 12.8 Å². The Kier molecular flexibility index (Phi) is 4.43. The Morgan fingerprint density at radius 1 is 1.25 bits per heavy atom. The van der Waals surface area contributed by atoms with E-state index in [9.17, 15) is 4.79 Å². The molecule has 1 aliphatic carbocycles. The van der Waals surface area contributed by atoms with Crippen molar-refractivity contribution in [3.05, 3.63) is 20.9 Å². The van der Waals surface area contributed by atoms with Gasteiger partial charge in [0.2, 0.25) is 0 Å². The highest BCUT2D eigenvalue weighted by Gasteiger charge is 2.42. The molecule has 0 bridgehead atoms. The molecule has 2 fully saturated rings. The summed E-state index contributed by atoms with van der Waals surface area (Å²) in [5.74, 6) is 1.02. The smallest absolute Gasteiger partial charge is 0.252 e. The van der Waals surface area contributed by atoms with Crippen LogP contribution in [0.15, 0.2) is 0 Å². The van der Waals surface area contributed by atoms with Crippen LogP contribution in [0.25, 0.3) is 0 Å². The Bertz CT molecular complexity index is 623. The summed E-state index contributed by atoms with van der Waals surface area (Å²) in [5, 5.41) is 3.04. The van der Waals surface area contributed by atoms with E-state index in [1.54, 1.807) is 0 Å². The molecule has 24 heavy (non-hydrogen) atoms. The molecule has 1 N–H and O–H groups in total. The number of rotatable bonds is 2. The maximum atomic E-state index is 12.4. The van der Waals surface area contributed by atoms with Crippen molar-refractivity contribution in [3.8, 4) is 0 Å². The topological polar surface area (TPSA) is 47.6 Å². The highest BCUT2D eigenvalue weighted by atomic mass is 32.1. The first-order chi connectivity index (χ1) is 11.6. The fraction of sp³-hybridized carbons (Fsp3) is 0.737. The van der Waals surface area contributed by atoms with Crippen LogP contribution in [0.3, 0.4) is 0 Å². The molecule has 0 unspecified atom stereocenters. The van der Waals surface area contributed by atoms with Crippen molar-refractivity contribution in [2.75, 3.05) is 19.8 Å². The summed E-state index contributed by atoms with van der Waals surface area (Å²) < 4.78 is 11.7. The summed E-state index contributed by atoms with van der Waals surface area (Å²) in [7, 11) is 0. The Morgan fingerprint density at radius 3 is 2.67 bits per heavy atom. The number of hydrogen-bond donors (Lipinski definition) is 1. The Morgan fingerprint density at radius 2 is 1.96 bits per heavy atom. The molecule has 132 valence electrons. The number of hydrogen-bond acceptors (Lipinski definition) is 4. The molecule has 0 radical (unpaired) electrons. The van der Waals surface area contributed by atoms with Crippen molar-refractivity contribution in [2.24, 2.45) is 5.92 Å². The van der Waals surface area contributed by atoms with Crippen LogP contribution in [-0.4, -0.2) is 31.5 Å². The van der Waals surface area contributed by atoms with E-state index in [4.69, 9.17) is 9.47 Å². The highest BCUT2D eigenvalue weighted by molar-refractivity contribution is 7.12. The van der Waals surface area contributed by atoms with Crippen LogP contribution in [0.1, 0.15) is 70.6 Å². The van der Waals surface area contributed by atoms with Crippen molar-refractivity contribution >= 4 is 17.2 Å². The zero-order chi connectivity index (χ0) is 16.7. The van der Waals surface area contributed by atoms with E-state index in [1.807, 2.05) is 11.3 Å². The maximum Gasteiger partial charge on any atom is 0.252 e. The minimum atomic E-state index is -0.280. The average Bonchev–Trinajstić information content (AvgIpc) is 3.11. The third kappa shape index (κ3) is 2.80. The molecular weight excluding hydrogens is 322 g/mol. The van der Waals surface area contributed by atoms with E-state index in [0.29, 0.717) is 11.8 Å². The molecule has 2 aliphatic heterocycles. The van der Waals surface area contributed by atoms with Crippen molar-refractivity contribution in [2.45, 2.75) is 64.1 Å². The maximum absolute atomic E-state index is 12.4. The summed E-state index contributed by atoms with van der Waals surface area (Å²) in [4.78, 5) is 15.1. The van der Waals surface area contributed by atoms with Crippen molar-refractivity contribution in [1.82, 2.24) is 5.32 Å². The van der Waals surface area contributed by atoms with Crippen LogP contribution >= 0.6 is 11.3 Å². The van der Waals surface area contributed by atoms with Gasteiger partial charge in [0.1, 0.15) is 0 Å². The minimum absolute atomic E-state index is 0.130. The number of ether oxygens (including phenoxy) is 2. The lowest BCUT2D eigenvalue weighted by atomic mass is 9.77. The quantitative estimate of drug-likeness (QED) is 0.884. The third-order valence-electron chi connectivity index (χ3n) is 6.08. The summed E-state index contributed by atoms with van der Waals surface area (Å²) in [6.45, 7) is 6.77. The van der Waals surface area contributed by atoms with Crippen LogP contribution in [0.2, 0.25) is 0 Å². The number of fused-ring (bicyclic) bond motifs is 1. The van der Waals surface area contributed by atoms with E-state index in [-0.39, 0.29) is 11.7 Å². The van der Waals surface area contributed by atoms with Gasteiger partial charge in [-0.1, -0.05) is 6.92 Å². The van der Waals surface area contributed by atoms with Gasteiger partial charge in [-0.3, -0.25) is 4.79 Å². The second-order valence-corrected chi connectivity index (χ2v) is 8.62. The second-order valence-electron chi connectivity index (χ2n) is 7.48. The molecular formula is C19H27NO3S. The number of carbonyl (C=O) groups excluding carboxylic acids is 1. The first-order valence-electron chi connectivity index (χ1n) is 9.28. The second kappa shape index (κ2) is 6.43. The summed E-state index contributed by atoms with van der Waals surface area (Å²) in [5.41, 5.74) is 2.18. The molecule has 3 heterocycles. The van der Waals surface area contributed by atoms with E-state index in [1.165, 1.54) is 15.3 Å². The van der Waals surface area contributed by atoms with Gasteiger partial charge in [0.05, 0.1) is 18.8 Å². The average molecular weight is 349 g/mol. The van der Waals surface area contributed by atoms with E-state index >= 15 is 0 Å². The summed E-state index contributed by atoms with van der Waals surface area (Å²) >= 11 is 1.88. The lowest BCUT2D eigenvalue weighted by Crippen LogP contribution is -2.36. The van der Waals surface area contributed by atoms with Gasteiger partial charge in [0.15, 0.2) is 5.79 Å². The molecule has 1 saturated heterocycles. The van der Waals surface area contributed by atoms with Crippen LogP contribution < -0.4 is 5.32 Å². The molecule has 1 aromatic rings. The molecule has 4 nitrogen and oxygen atoms in total. The van der Waals surface area contributed by atoms with Crippen LogP contribution in [0.4, 0.5) is 0 Å². The fourth-order valence-electron chi connectivity index (χ4n) is 4.62. The standard InChI is InChI=1S/C19H27NO3S/c1-12(14-5-7-19(8-6-14)22-10-11-23-19)17-13(2)16-15(24-17)4-3-9-20-18(16)21/h12,14H,3-11H2,1-2H3,(H,20,21)/t12-/m1/s1. The molecule has 5 heteroatoms. The summed E-state index contributed by atoms with van der Waals surface area (Å²) in [6, 6.07) is 0. The highest BCUT2D eigenvalue weighted by Crippen LogP contribution is 2.46. The lowest BCUT2D eigenvalue weighted by Gasteiger charge is -2.37. The van der Waals surface area contributed by atoms with E-state index < -0.39 is 0 Å². The largest absolute Gasteiger partial charge is 0.352 e.